The van der Waals surface area contributed by atoms with Crippen molar-refractivity contribution in [3.8, 4) is 0 Å². The lowest BCUT2D eigenvalue weighted by molar-refractivity contribution is -0.142. The van der Waals surface area contributed by atoms with Crippen LogP contribution in [0.1, 0.15) is 45.7 Å². The second-order valence-corrected chi connectivity index (χ2v) is 5.64. The van der Waals surface area contributed by atoms with Crippen LogP contribution in [0.5, 0.6) is 0 Å². The van der Waals surface area contributed by atoms with Crippen molar-refractivity contribution in [1.29, 1.82) is 0 Å². The molecule has 2 aromatic rings. The van der Waals surface area contributed by atoms with Crippen LogP contribution in [0.2, 0.25) is 0 Å². The predicted molar refractivity (Wildman–Crippen MR) is 76.4 cm³/mol. The van der Waals surface area contributed by atoms with E-state index < -0.39 is 17.8 Å². The second kappa shape index (κ2) is 5.72. The van der Waals surface area contributed by atoms with E-state index in [1.165, 1.54) is 16.8 Å². The summed E-state index contributed by atoms with van der Waals surface area (Å²) in [6.45, 7) is 0.138. The van der Waals surface area contributed by atoms with Gasteiger partial charge in [-0.25, -0.2) is 4.79 Å². The minimum Gasteiger partial charge on any atom is -0.478 e. The van der Waals surface area contributed by atoms with Gasteiger partial charge in [0.2, 0.25) is 0 Å². The van der Waals surface area contributed by atoms with Crippen LogP contribution in [-0.4, -0.2) is 20.9 Å². The first-order valence-corrected chi connectivity index (χ1v) is 7.34. The lowest BCUT2D eigenvalue weighted by atomic mass is 9.95. The highest BCUT2D eigenvalue weighted by Crippen LogP contribution is 2.36. The van der Waals surface area contributed by atoms with Gasteiger partial charge >= 0.3 is 12.1 Å². The molecule has 122 valence electrons. The van der Waals surface area contributed by atoms with E-state index in [9.17, 15) is 18.0 Å². The number of aromatic carboxylic acids is 1. The highest BCUT2D eigenvalue weighted by Gasteiger charge is 2.39. The number of aromatic nitrogens is 2. The zero-order chi connectivity index (χ0) is 16.6. The Morgan fingerprint density at radius 2 is 2.00 bits per heavy atom. The van der Waals surface area contributed by atoms with Gasteiger partial charge in [0.25, 0.3) is 0 Å². The standard InChI is InChI=1S/C16H15F3N2O2/c17-16(18,19)14-12-6-1-2-7-13(12)21(20-14)9-10-4-3-5-11(8-10)15(22)23/h3-5,8H,1-2,6-7,9H2,(H,22,23). The Morgan fingerprint density at radius 3 is 2.70 bits per heavy atom. The third kappa shape index (κ3) is 3.09. The van der Waals surface area contributed by atoms with E-state index in [1.807, 2.05) is 0 Å². The highest BCUT2D eigenvalue weighted by atomic mass is 19.4. The van der Waals surface area contributed by atoms with E-state index in [0.717, 1.165) is 12.8 Å². The normalized spacial score (nSPS) is 14.6. The second-order valence-electron chi connectivity index (χ2n) is 5.64. The van der Waals surface area contributed by atoms with E-state index in [-0.39, 0.29) is 17.7 Å². The summed E-state index contributed by atoms with van der Waals surface area (Å²) in [6, 6.07) is 6.19. The lowest BCUT2D eigenvalue weighted by Gasteiger charge is -2.15. The van der Waals surface area contributed by atoms with Gasteiger partial charge in [0, 0.05) is 11.3 Å². The van der Waals surface area contributed by atoms with Gasteiger partial charge in [0.15, 0.2) is 5.69 Å². The van der Waals surface area contributed by atoms with Crippen molar-refractivity contribution in [1.82, 2.24) is 9.78 Å². The number of carboxylic acid groups (broad SMARTS) is 1. The number of hydrogen-bond donors (Lipinski definition) is 1. The fraction of sp³-hybridized carbons (Fsp3) is 0.375. The van der Waals surface area contributed by atoms with Crippen molar-refractivity contribution in [2.24, 2.45) is 0 Å². The van der Waals surface area contributed by atoms with Crippen LogP contribution in [-0.2, 0) is 25.6 Å². The van der Waals surface area contributed by atoms with Crippen molar-refractivity contribution in [2.75, 3.05) is 0 Å². The molecule has 1 aromatic carbocycles. The average Bonchev–Trinajstić information content (AvgIpc) is 2.87. The zero-order valence-electron chi connectivity index (χ0n) is 12.2. The molecule has 0 saturated carbocycles. The first-order valence-electron chi connectivity index (χ1n) is 7.34. The van der Waals surface area contributed by atoms with Gasteiger partial charge in [-0.3, -0.25) is 4.68 Å². The van der Waals surface area contributed by atoms with Crippen LogP contribution in [0.15, 0.2) is 24.3 Å². The molecule has 1 aliphatic carbocycles. The first-order chi connectivity index (χ1) is 10.9. The summed E-state index contributed by atoms with van der Waals surface area (Å²) < 4.78 is 40.8. The molecule has 0 aliphatic heterocycles. The maximum Gasteiger partial charge on any atom is 0.435 e. The number of benzene rings is 1. The smallest absolute Gasteiger partial charge is 0.435 e. The fourth-order valence-corrected chi connectivity index (χ4v) is 3.00. The molecule has 0 atom stereocenters. The third-order valence-corrected chi connectivity index (χ3v) is 4.03. The number of carbonyl (C=O) groups is 1. The molecular weight excluding hydrogens is 309 g/mol. The van der Waals surface area contributed by atoms with E-state index >= 15 is 0 Å². The summed E-state index contributed by atoms with van der Waals surface area (Å²) >= 11 is 0. The molecule has 0 fully saturated rings. The Bertz CT molecular complexity index is 750. The molecule has 0 saturated heterocycles. The van der Waals surface area contributed by atoms with Crippen molar-refractivity contribution in [2.45, 2.75) is 38.4 Å². The number of halogens is 3. The summed E-state index contributed by atoms with van der Waals surface area (Å²) in [5.41, 5.74) is 0.832. The van der Waals surface area contributed by atoms with Crippen molar-refractivity contribution >= 4 is 5.97 Å². The minimum atomic E-state index is -4.46. The molecule has 0 amide bonds. The van der Waals surface area contributed by atoms with Crippen LogP contribution in [0.3, 0.4) is 0 Å². The Balaban J connectivity index is 1.99. The van der Waals surface area contributed by atoms with Gasteiger partial charge in [-0.2, -0.15) is 18.3 Å². The number of fused-ring (bicyclic) bond motifs is 1. The molecule has 23 heavy (non-hydrogen) atoms. The molecule has 4 nitrogen and oxygen atoms in total. The molecule has 7 heteroatoms. The SMILES string of the molecule is O=C(O)c1cccc(Cn2nc(C(F)(F)F)c3c2CCCC3)c1. The summed E-state index contributed by atoms with van der Waals surface area (Å²) in [4.78, 5) is 11.0. The van der Waals surface area contributed by atoms with Gasteiger partial charge in [-0.15, -0.1) is 0 Å². The monoisotopic (exact) mass is 324 g/mol. The maximum absolute atomic E-state index is 13.1. The largest absolute Gasteiger partial charge is 0.478 e. The van der Waals surface area contributed by atoms with Crippen molar-refractivity contribution in [3.05, 3.63) is 52.3 Å². The van der Waals surface area contributed by atoms with E-state index in [2.05, 4.69) is 5.10 Å². The molecule has 1 aromatic heterocycles. The van der Waals surface area contributed by atoms with Crippen LogP contribution >= 0.6 is 0 Å². The summed E-state index contributed by atoms with van der Waals surface area (Å²) in [6.07, 6.45) is -1.94. The molecular formula is C16H15F3N2O2. The Morgan fingerprint density at radius 1 is 1.26 bits per heavy atom. The van der Waals surface area contributed by atoms with Crippen molar-refractivity contribution in [3.63, 3.8) is 0 Å². The Labute approximate surface area is 130 Å². The van der Waals surface area contributed by atoms with Crippen LogP contribution in [0, 0.1) is 0 Å². The number of hydrogen-bond acceptors (Lipinski definition) is 2. The molecule has 0 bridgehead atoms. The average molecular weight is 324 g/mol. The minimum absolute atomic E-state index is 0.111. The summed E-state index contributed by atoms with van der Waals surface area (Å²) in [7, 11) is 0. The summed E-state index contributed by atoms with van der Waals surface area (Å²) in [5, 5.41) is 12.8. The topological polar surface area (TPSA) is 55.1 Å². The van der Waals surface area contributed by atoms with Gasteiger partial charge in [0.05, 0.1) is 12.1 Å². The molecule has 0 radical (unpaired) electrons. The van der Waals surface area contributed by atoms with Gasteiger partial charge in [0.1, 0.15) is 0 Å². The number of carboxylic acids is 1. The third-order valence-electron chi connectivity index (χ3n) is 4.03. The van der Waals surface area contributed by atoms with Crippen LogP contribution < -0.4 is 0 Å². The Kier molecular flexibility index (Phi) is 3.87. The quantitative estimate of drug-likeness (QED) is 0.940. The molecule has 1 N–H and O–H groups in total. The van der Waals surface area contributed by atoms with E-state index in [4.69, 9.17) is 5.11 Å². The Hall–Kier alpha value is -2.31. The van der Waals surface area contributed by atoms with E-state index in [0.29, 0.717) is 24.1 Å². The molecule has 0 unspecified atom stereocenters. The number of alkyl halides is 3. The molecule has 1 heterocycles. The van der Waals surface area contributed by atoms with Gasteiger partial charge in [-0.05, 0) is 43.4 Å². The highest BCUT2D eigenvalue weighted by molar-refractivity contribution is 5.87. The maximum atomic E-state index is 13.1. The zero-order valence-corrected chi connectivity index (χ0v) is 12.2. The number of nitrogens with zero attached hydrogens (tertiary/aromatic N) is 2. The predicted octanol–water partition coefficient (Wildman–Crippen LogP) is 3.53. The van der Waals surface area contributed by atoms with Gasteiger partial charge in [-0.1, -0.05) is 12.1 Å². The molecule has 3 rings (SSSR count). The van der Waals surface area contributed by atoms with E-state index in [1.54, 1.807) is 12.1 Å². The molecule has 0 spiro atoms. The van der Waals surface area contributed by atoms with Gasteiger partial charge < -0.3 is 5.11 Å². The van der Waals surface area contributed by atoms with Crippen LogP contribution in [0.25, 0.3) is 0 Å². The van der Waals surface area contributed by atoms with Crippen LogP contribution in [0.4, 0.5) is 13.2 Å². The first kappa shape index (κ1) is 15.6. The molecule has 1 aliphatic rings. The number of rotatable bonds is 3. The fourth-order valence-electron chi connectivity index (χ4n) is 3.00. The van der Waals surface area contributed by atoms with Crippen molar-refractivity contribution < 1.29 is 23.1 Å². The summed E-state index contributed by atoms with van der Waals surface area (Å²) in [5.74, 6) is -1.06. The lowest BCUT2D eigenvalue weighted by Crippen LogP contribution is -2.11.